The summed E-state index contributed by atoms with van der Waals surface area (Å²) < 4.78 is 5.40. The number of alkyl carbamates (subject to hydrolysis) is 1. The quantitative estimate of drug-likeness (QED) is 0.257. The fraction of sp³-hybridized carbons (Fsp3) is 0.500. The second-order valence-electron chi connectivity index (χ2n) is 7.35. The molecule has 1 atom stereocenters. The zero-order valence-corrected chi connectivity index (χ0v) is 18.8. The Labute approximate surface area is 179 Å². The summed E-state index contributed by atoms with van der Waals surface area (Å²) in [6, 6.07) is 9.98. The molecule has 0 radical (unpaired) electrons. The number of hydrogen-bond acceptors (Lipinski definition) is 3. The number of carbonyl (C=O) groups is 1. The minimum absolute atomic E-state index is 0. The number of ether oxygens (including phenoxy) is 1. The Morgan fingerprint density at radius 2 is 1.85 bits per heavy atom. The molecular formula is C20H31IN4O2. The van der Waals surface area contributed by atoms with Gasteiger partial charge in [-0.1, -0.05) is 42.5 Å². The van der Waals surface area contributed by atoms with Gasteiger partial charge in [-0.05, 0) is 39.2 Å². The Bertz CT molecular complexity index is 633. The van der Waals surface area contributed by atoms with E-state index in [1.807, 2.05) is 51.1 Å². The number of amides is 1. The fourth-order valence-corrected chi connectivity index (χ4v) is 2.71. The summed E-state index contributed by atoms with van der Waals surface area (Å²) in [6.45, 7) is 6.06. The van der Waals surface area contributed by atoms with E-state index in [1.165, 1.54) is 0 Å². The van der Waals surface area contributed by atoms with Crippen LogP contribution in [0.1, 0.15) is 45.2 Å². The van der Waals surface area contributed by atoms with Crippen LogP contribution >= 0.6 is 24.0 Å². The zero-order chi connectivity index (χ0) is 19.0. The van der Waals surface area contributed by atoms with Crippen LogP contribution in [0.15, 0.2) is 47.5 Å². The number of nitrogens with one attached hydrogen (secondary N) is 3. The molecule has 0 aromatic heterocycles. The number of aliphatic imine (C=N–C) groups is 1. The van der Waals surface area contributed by atoms with Gasteiger partial charge in [0, 0.05) is 19.6 Å². The molecule has 0 spiro atoms. The van der Waals surface area contributed by atoms with E-state index in [2.05, 4.69) is 33.1 Å². The van der Waals surface area contributed by atoms with Gasteiger partial charge in [-0.3, -0.25) is 4.99 Å². The summed E-state index contributed by atoms with van der Waals surface area (Å²) in [4.78, 5) is 16.5. The molecule has 0 heterocycles. The van der Waals surface area contributed by atoms with E-state index in [1.54, 1.807) is 7.05 Å². The molecule has 0 aliphatic heterocycles. The minimum atomic E-state index is -0.536. The maximum Gasteiger partial charge on any atom is 0.408 e. The topological polar surface area (TPSA) is 74.8 Å². The number of hydrogen-bond donors (Lipinski definition) is 3. The van der Waals surface area contributed by atoms with E-state index in [9.17, 15) is 4.79 Å². The molecule has 1 aromatic rings. The molecule has 150 valence electrons. The predicted molar refractivity (Wildman–Crippen MR) is 121 cm³/mol. The van der Waals surface area contributed by atoms with Crippen molar-refractivity contribution in [2.45, 2.75) is 51.3 Å². The van der Waals surface area contributed by atoms with Crippen molar-refractivity contribution < 1.29 is 9.53 Å². The summed E-state index contributed by atoms with van der Waals surface area (Å²) in [5.74, 6) is 0.727. The summed E-state index contributed by atoms with van der Waals surface area (Å²) >= 11 is 0. The molecule has 1 unspecified atom stereocenters. The molecule has 7 heteroatoms. The average Bonchev–Trinajstić information content (AvgIpc) is 3.09. The molecular weight excluding hydrogens is 455 g/mol. The third kappa shape index (κ3) is 8.64. The van der Waals surface area contributed by atoms with Crippen molar-refractivity contribution in [1.82, 2.24) is 16.0 Å². The Kier molecular flexibility index (Phi) is 9.62. The molecule has 2 rings (SSSR count). The molecule has 0 bridgehead atoms. The number of benzene rings is 1. The van der Waals surface area contributed by atoms with E-state index in [-0.39, 0.29) is 30.0 Å². The lowest BCUT2D eigenvalue weighted by Gasteiger charge is -2.25. The highest BCUT2D eigenvalue weighted by molar-refractivity contribution is 14.0. The lowest BCUT2D eigenvalue weighted by molar-refractivity contribution is 0.0504. The van der Waals surface area contributed by atoms with Crippen molar-refractivity contribution in [2.24, 2.45) is 4.99 Å². The summed E-state index contributed by atoms with van der Waals surface area (Å²) in [5.41, 5.74) is 0.468. The van der Waals surface area contributed by atoms with Gasteiger partial charge in [0.1, 0.15) is 5.60 Å². The number of nitrogens with zero attached hydrogens (tertiary/aromatic N) is 1. The highest BCUT2D eigenvalue weighted by Gasteiger charge is 2.21. The van der Waals surface area contributed by atoms with Crippen LogP contribution < -0.4 is 16.0 Å². The minimum Gasteiger partial charge on any atom is -0.444 e. The molecule has 6 nitrogen and oxygen atoms in total. The van der Waals surface area contributed by atoms with Gasteiger partial charge in [-0.2, -0.15) is 0 Å². The van der Waals surface area contributed by atoms with Gasteiger partial charge in [0.05, 0.1) is 6.04 Å². The van der Waals surface area contributed by atoms with Crippen LogP contribution in [0.4, 0.5) is 4.79 Å². The van der Waals surface area contributed by atoms with E-state index in [0.29, 0.717) is 12.6 Å². The smallest absolute Gasteiger partial charge is 0.408 e. The van der Waals surface area contributed by atoms with Crippen LogP contribution in [0.2, 0.25) is 0 Å². The van der Waals surface area contributed by atoms with Crippen molar-refractivity contribution in [1.29, 1.82) is 0 Å². The highest BCUT2D eigenvalue weighted by atomic mass is 127. The number of halogens is 1. The van der Waals surface area contributed by atoms with Gasteiger partial charge < -0.3 is 20.7 Å². The van der Waals surface area contributed by atoms with Crippen LogP contribution in [0, 0.1) is 0 Å². The number of rotatable bonds is 5. The normalized spacial score (nSPS) is 15.6. The van der Waals surface area contributed by atoms with Crippen molar-refractivity contribution in [3.8, 4) is 0 Å². The van der Waals surface area contributed by atoms with Gasteiger partial charge >= 0.3 is 6.09 Å². The Morgan fingerprint density at radius 1 is 1.22 bits per heavy atom. The van der Waals surface area contributed by atoms with E-state index < -0.39 is 11.7 Å². The first-order valence-electron chi connectivity index (χ1n) is 9.04. The lowest BCUT2D eigenvalue weighted by atomic mass is 10.1. The highest BCUT2D eigenvalue weighted by Crippen LogP contribution is 2.14. The Morgan fingerprint density at radius 3 is 2.41 bits per heavy atom. The van der Waals surface area contributed by atoms with Crippen molar-refractivity contribution >= 4 is 36.0 Å². The van der Waals surface area contributed by atoms with Crippen LogP contribution in [0.3, 0.4) is 0 Å². The summed E-state index contributed by atoms with van der Waals surface area (Å²) in [5, 5.41) is 9.64. The second kappa shape index (κ2) is 11.2. The standard InChI is InChI=1S/C20H30N4O2.HI/c1-20(2,3)26-19(25)24-17(15-10-6-5-7-11-15)14-22-18(21-4)23-16-12-8-9-13-16;/h5-11,16-17H,12-14H2,1-4H3,(H,24,25)(H2,21,22,23);1H. The van der Waals surface area contributed by atoms with Gasteiger partial charge in [0.25, 0.3) is 0 Å². The summed E-state index contributed by atoms with van der Waals surface area (Å²) in [6.07, 6.45) is 5.90. The lowest BCUT2D eigenvalue weighted by Crippen LogP contribution is -2.46. The van der Waals surface area contributed by atoms with Crippen molar-refractivity contribution in [2.75, 3.05) is 13.6 Å². The Hall–Kier alpha value is -1.77. The van der Waals surface area contributed by atoms with Crippen LogP contribution in [-0.2, 0) is 4.74 Å². The molecule has 1 aromatic carbocycles. The van der Waals surface area contributed by atoms with Gasteiger partial charge in [0.2, 0.25) is 0 Å². The predicted octanol–water partition coefficient (Wildman–Crippen LogP) is 3.75. The first kappa shape index (κ1) is 23.3. The second-order valence-corrected chi connectivity index (χ2v) is 7.35. The largest absolute Gasteiger partial charge is 0.444 e. The van der Waals surface area contributed by atoms with Crippen LogP contribution in [0.5, 0.6) is 0 Å². The van der Waals surface area contributed by atoms with E-state index in [0.717, 1.165) is 24.4 Å². The molecule has 1 aliphatic carbocycles. The molecule has 0 saturated carbocycles. The summed E-state index contributed by atoms with van der Waals surface area (Å²) in [7, 11) is 1.75. The third-order valence-corrected chi connectivity index (χ3v) is 3.94. The van der Waals surface area contributed by atoms with Gasteiger partial charge in [-0.25, -0.2) is 4.79 Å². The molecule has 1 amide bonds. The monoisotopic (exact) mass is 486 g/mol. The SMILES string of the molecule is CN=C(NCC(NC(=O)OC(C)(C)C)c1ccccc1)NC1CC=CC1.I. The van der Waals surface area contributed by atoms with Crippen LogP contribution in [0.25, 0.3) is 0 Å². The molecule has 0 saturated heterocycles. The first-order valence-corrected chi connectivity index (χ1v) is 9.04. The number of guanidine groups is 1. The van der Waals surface area contributed by atoms with Crippen LogP contribution in [-0.4, -0.2) is 37.3 Å². The Balaban J connectivity index is 0.00000364. The first-order chi connectivity index (χ1) is 12.4. The third-order valence-electron chi connectivity index (χ3n) is 3.94. The molecule has 3 N–H and O–H groups in total. The van der Waals surface area contributed by atoms with Crippen molar-refractivity contribution in [3.05, 3.63) is 48.0 Å². The molecule has 1 aliphatic rings. The van der Waals surface area contributed by atoms with E-state index >= 15 is 0 Å². The molecule has 27 heavy (non-hydrogen) atoms. The average molecular weight is 486 g/mol. The maximum atomic E-state index is 12.2. The van der Waals surface area contributed by atoms with Gasteiger partial charge in [-0.15, -0.1) is 24.0 Å². The van der Waals surface area contributed by atoms with E-state index in [4.69, 9.17) is 4.74 Å². The van der Waals surface area contributed by atoms with Gasteiger partial charge in [0.15, 0.2) is 5.96 Å². The van der Waals surface area contributed by atoms with Crippen molar-refractivity contribution in [3.63, 3.8) is 0 Å². The molecule has 0 fully saturated rings. The fourth-order valence-electron chi connectivity index (χ4n) is 2.71. The zero-order valence-electron chi connectivity index (χ0n) is 16.5. The maximum absolute atomic E-state index is 12.2. The number of carbonyl (C=O) groups excluding carboxylic acids is 1.